The Morgan fingerprint density at radius 1 is 0.926 bits per heavy atom. The molecule has 6 heteroatoms. The van der Waals surface area contributed by atoms with Crippen molar-refractivity contribution in [1.82, 2.24) is 15.0 Å². The summed E-state index contributed by atoms with van der Waals surface area (Å²) in [6, 6.07) is 14.0. The summed E-state index contributed by atoms with van der Waals surface area (Å²) in [7, 11) is 0. The molecule has 0 bridgehead atoms. The van der Waals surface area contributed by atoms with Crippen LogP contribution >= 0.6 is 23.2 Å². The molecule has 27 heavy (non-hydrogen) atoms. The number of fused-ring (bicyclic) bond motifs is 2. The number of hydrogen-bond donors (Lipinski definition) is 1. The van der Waals surface area contributed by atoms with Crippen molar-refractivity contribution in [2.75, 3.05) is 0 Å². The van der Waals surface area contributed by atoms with Crippen LogP contribution in [-0.4, -0.2) is 15.0 Å². The van der Waals surface area contributed by atoms with Crippen LogP contribution in [0, 0.1) is 0 Å². The average Bonchev–Trinajstić information content (AvgIpc) is 3.04. The Balaban J connectivity index is 1.81. The second kappa shape index (κ2) is 6.77. The first-order valence-electron chi connectivity index (χ1n) is 9.36. The highest BCUT2D eigenvalue weighted by Crippen LogP contribution is 2.32. The molecule has 0 radical (unpaired) electrons. The number of nitrogens with one attached hydrogen (secondary N) is 1. The molecule has 2 heterocycles. The predicted octanol–water partition coefficient (Wildman–Crippen LogP) is 5.88. The van der Waals surface area contributed by atoms with E-state index >= 15 is 0 Å². The fourth-order valence-electron chi connectivity index (χ4n) is 4.09. The van der Waals surface area contributed by atoms with Crippen LogP contribution in [0.25, 0.3) is 33.7 Å². The number of benzene rings is 2. The van der Waals surface area contributed by atoms with Crippen molar-refractivity contribution in [3.63, 3.8) is 0 Å². The molecule has 5 rings (SSSR count). The molecule has 1 N–H and O–H groups in total. The number of aromatic nitrogens is 4. The third-order valence-electron chi connectivity index (χ3n) is 5.38. The van der Waals surface area contributed by atoms with E-state index in [1.807, 2.05) is 36.4 Å². The molecule has 0 unspecified atom stereocenters. The molecule has 0 atom stereocenters. The maximum Gasteiger partial charge on any atom is 0.323 e. The second-order valence-corrected chi connectivity index (χ2v) is 7.99. The second-order valence-electron chi connectivity index (χ2n) is 7.14. The van der Waals surface area contributed by atoms with E-state index < -0.39 is 0 Å². The van der Waals surface area contributed by atoms with E-state index in [0.29, 0.717) is 16.1 Å². The van der Waals surface area contributed by atoms with Crippen LogP contribution < -0.4 is 4.57 Å². The monoisotopic (exact) mass is 397 g/mol. The number of aromatic amines is 1. The van der Waals surface area contributed by atoms with Gasteiger partial charge in [-0.2, -0.15) is 0 Å². The molecule has 0 amide bonds. The quantitative estimate of drug-likeness (QED) is 0.429. The van der Waals surface area contributed by atoms with Gasteiger partial charge in [0.1, 0.15) is 5.52 Å². The van der Waals surface area contributed by atoms with Crippen molar-refractivity contribution in [3.05, 3.63) is 52.5 Å². The molecule has 1 aliphatic rings. The number of hydrogen-bond acceptors (Lipinski definition) is 2. The molecule has 2 aromatic heterocycles. The normalized spacial score (nSPS) is 15.6. The zero-order valence-electron chi connectivity index (χ0n) is 14.8. The largest absolute Gasteiger partial charge is 0.323 e. The maximum absolute atomic E-state index is 6.55. The lowest BCUT2D eigenvalue weighted by atomic mass is 9.95. The zero-order valence-corrected chi connectivity index (χ0v) is 16.3. The topological polar surface area (TPSA) is 45.5 Å². The van der Waals surface area contributed by atoms with Crippen molar-refractivity contribution < 1.29 is 4.57 Å². The lowest BCUT2D eigenvalue weighted by Gasteiger charge is -2.21. The summed E-state index contributed by atoms with van der Waals surface area (Å²) >= 11 is 12.7. The summed E-state index contributed by atoms with van der Waals surface area (Å²) in [6.45, 7) is 0. The van der Waals surface area contributed by atoms with Gasteiger partial charge in [-0.25, -0.2) is 9.55 Å². The summed E-state index contributed by atoms with van der Waals surface area (Å²) in [5.41, 5.74) is 4.40. The van der Waals surface area contributed by atoms with E-state index in [2.05, 4.69) is 9.55 Å². The smallest absolute Gasteiger partial charge is 0.251 e. The van der Waals surface area contributed by atoms with Crippen LogP contribution in [-0.2, 0) is 0 Å². The molecule has 0 spiro atoms. The van der Waals surface area contributed by atoms with Crippen molar-refractivity contribution in [1.29, 1.82) is 0 Å². The fourth-order valence-corrected chi connectivity index (χ4v) is 4.59. The minimum Gasteiger partial charge on any atom is -0.251 e. The van der Waals surface area contributed by atoms with Crippen molar-refractivity contribution in [3.8, 4) is 11.4 Å². The van der Waals surface area contributed by atoms with Gasteiger partial charge in [0, 0.05) is 5.02 Å². The van der Waals surface area contributed by atoms with E-state index in [9.17, 15) is 0 Å². The van der Waals surface area contributed by atoms with E-state index in [0.717, 1.165) is 46.6 Å². The summed E-state index contributed by atoms with van der Waals surface area (Å²) in [4.78, 5) is 13.3. The molecular weight excluding hydrogens is 379 g/mol. The Bertz CT molecular complexity index is 1150. The highest BCUT2D eigenvalue weighted by Gasteiger charge is 2.30. The van der Waals surface area contributed by atoms with Crippen molar-refractivity contribution >= 4 is 45.5 Å². The van der Waals surface area contributed by atoms with Crippen LogP contribution in [0.3, 0.4) is 0 Å². The van der Waals surface area contributed by atoms with Gasteiger partial charge in [0.2, 0.25) is 5.82 Å². The molecule has 0 saturated heterocycles. The fraction of sp³-hybridized carbons (Fsp3) is 0.286. The van der Waals surface area contributed by atoms with Gasteiger partial charge in [-0.3, -0.25) is 4.98 Å². The Kier molecular flexibility index (Phi) is 4.25. The van der Waals surface area contributed by atoms with Crippen molar-refractivity contribution in [2.24, 2.45) is 0 Å². The molecule has 1 aliphatic carbocycles. The molecule has 2 aromatic carbocycles. The Morgan fingerprint density at radius 2 is 1.67 bits per heavy atom. The van der Waals surface area contributed by atoms with Gasteiger partial charge in [-0.1, -0.05) is 46.7 Å². The van der Waals surface area contributed by atoms with Crippen LogP contribution in [0.2, 0.25) is 10.0 Å². The summed E-state index contributed by atoms with van der Waals surface area (Å²) in [6.07, 6.45) is 6.05. The van der Waals surface area contributed by atoms with Gasteiger partial charge in [-0.15, -0.1) is 0 Å². The summed E-state index contributed by atoms with van der Waals surface area (Å²) in [5, 5.41) is 1.26. The number of halogens is 2. The minimum atomic E-state index is 0.393. The summed E-state index contributed by atoms with van der Waals surface area (Å²) in [5.74, 6) is 0.953. The van der Waals surface area contributed by atoms with Crippen LogP contribution in [0.5, 0.6) is 0 Å². The van der Waals surface area contributed by atoms with Crippen LogP contribution in [0.4, 0.5) is 0 Å². The van der Waals surface area contributed by atoms with E-state index in [1.165, 1.54) is 19.3 Å². The molecule has 1 saturated carbocycles. The van der Waals surface area contributed by atoms with Gasteiger partial charge >= 0.3 is 5.65 Å². The van der Waals surface area contributed by atoms with E-state index in [1.54, 1.807) is 6.07 Å². The minimum absolute atomic E-state index is 0.393. The lowest BCUT2D eigenvalue weighted by molar-refractivity contribution is -0.692. The zero-order chi connectivity index (χ0) is 18.4. The van der Waals surface area contributed by atoms with Gasteiger partial charge in [0.15, 0.2) is 5.52 Å². The lowest BCUT2D eigenvalue weighted by Crippen LogP contribution is -2.42. The molecule has 136 valence electrons. The number of rotatable bonds is 2. The third-order valence-corrected chi connectivity index (χ3v) is 5.93. The van der Waals surface area contributed by atoms with Gasteiger partial charge in [0.05, 0.1) is 16.6 Å². The Morgan fingerprint density at radius 3 is 2.41 bits per heavy atom. The Hall–Kier alpha value is -2.17. The summed E-state index contributed by atoms with van der Waals surface area (Å²) < 4.78 is 2.31. The first-order valence-corrected chi connectivity index (χ1v) is 10.1. The van der Waals surface area contributed by atoms with Crippen LogP contribution in [0.1, 0.15) is 38.1 Å². The van der Waals surface area contributed by atoms with Gasteiger partial charge in [-0.05, 0) is 56.0 Å². The highest BCUT2D eigenvalue weighted by atomic mass is 35.5. The molecule has 0 aliphatic heterocycles. The molecular formula is C21H19Cl2N4+. The Labute approximate surface area is 167 Å². The third kappa shape index (κ3) is 2.97. The number of para-hydroxylation sites is 2. The SMILES string of the molecule is Clc1ccc(-c2[nH]c3nc4ccccc4nc3[n+]2C2CCCCC2)c(Cl)c1. The first kappa shape index (κ1) is 17.0. The first-order chi connectivity index (χ1) is 13.2. The molecule has 4 aromatic rings. The highest BCUT2D eigenvalue weighted by molar-refractivity contribution is 6.36. The number of imidazole rings is 1. The van der Waals surface area contributed by atoms with E-state index in [-0.39, 0.29) is 0 Å². The van der Waals surface area contributed by atoms with E-state index in [4.69, 9.17) is 33.2 Å². The predicted molar refractivity (Wildman–Crippen MR) is 109 cm³/mol. The molecule has 4 nitrogen and oxygen atoms in total. The number of nitrogens with zero attached hydrogens (tertiary/aromatic N) is 3. The maximum atomic E-state index is 6.55. The standard InChI is InChI=1S/C21H18Cl2N4/c22-13-10-11-15(16(23)12-13)20-26-19-21(27(20)14-6-2-1-3-7-14)25-18-9-5-4-8-17(18)24-19/h4-5,8-12,14H,1-3,6-7H2/p+1. The van der Waals surface area contributed by atoms with Gasteiger partial charge in [0.25, 0.3) is 5.65 Å². The van der Waals surface area contributed by atoms with Crippen LogP contribution in [0.15, 0.2) is 42.5 Å². The van der Waals surface area contributed by atoms with Crippen molar-refractivity contribution in [2.45, 2.75) is 38.1 Å². The average molecular weight is 398 g/mol. The van der Waals surface area contributed by atoms with Gasteiger partial charge < -0.3 is 0 Å². The number of H-pyrrole nitrogens is 1. The molecule has 1 fully saturated rings.